The van der Waals surface area contributed by atoms with Gasteiger partial charge in [-0.2, -0.15) is 0 Å². The van der Waals surface area contributed by atoms with Gasteiger partial charge in [0.25, 0.3) is 0 Å². The van der Waals surface area contributed by atoms with E-state index >= 15 is 0 Å². The van der Waals surface area contributed by atoms with Gasteiger partial charge in [0.1, 0.15) is 0 Å². The quantitative estimate of drug-likeness (QED) is 0.869. The molecule has 2 atom stereocenters. The minimum atomic E-state index is -3.39. The fourth-order valence-corrected chi connectivity index (χ4v) is 4.96. The molecule has 2 rings (SSSR count). The first-order valence-electron chi connectivity index (χ1n) is 6.30. The average molecular weight is 288 g/mol. The topological polar surface area (TPSA) is 72.2 Å². The molecule has 1 aliphatic rings. The SMILES string of the molecule is CC1CCCC1CNS(=O)(=O)c1ccsc1CN. The van der Waals surface area contributed by atoms with E-state index in [1.54, 1.807) is 11.4 Å². The van der Waals surface area contributed by atoms with Crippen LogP contribution >= 0.6 is 11.3 Å². The smallest absolute Gasteiger partial charge is 0.241 e. The maximum atomic E-state index is 12.2. The lowest BCUT2D eigenvalue weighted by Gasteiger charge is -2.16. The van der Waals surface area contributed by atoms with Gasteiger partial charge in [-0.25, -0.2) is 13.1 Å². The normalized spacial score (nSPS) is 24.6. The van der Waals surface area contributed by atoms with E-state index in [-0.39, 0.29) is 6.54 Å². The number of hydrogen-bond acceptors (Lipinski definition) is 4. The van der Waals surface area contributed by atoms with Crippen LogP contribution < -0.4 is 10.5 Å². The van der Waals surface area contributed by atoms with E-state index in [0.29, 0.717) is 23.3 Å². The van der Waals surface area contributed by atoms with Gasteiger partial charge in [-0.3, -0.25) is 0 Å². The third-order valence-electron chi connectivity index (χ3n) is 3.75. The van der Waals surface area contributed by atoms with Crippen molar-refractivity contribution in [2.75, 3.05) is 6.54 Å². The summed E-state index contributed by atoms with van der Waals surface area (Å²) in [4.78, 5) is 1.07. The molecule has 0 spiro atoms. The second-order valence-electron chi connectivity index (χ2n) is 4.93. The Morgan fingerprint density at radius 2 is 2.28 bits per heavy atom. The van der Waals surface area contributed by atoms with Crippen molar-refractivity contribution in [1.29, 1.82) is 0 Å². The number of nitrogens with two attached hydrogens (primary N) is 1. The molecule has 6 heteroatoms. The minimum Gasteiger partial charge on any atom is -0.326 e. The largest absolute Gasteiger partial charge is 0.326 e. The Kier molecular flexibility index (Phi) is 4.42. The summed E-state index contributed by atoms with van der Waals surface area (Å²) in [6.45, 7) is 3.01. The Hall–Kier alpha value is -0.430. The molecule has 2 unspecified atom stereocenters. The second-order valence-corrected chi connectivity index (χ2v) is 7.67. The zero-order valence-electron chi connectivity index (χ0n) is 10.6. The predicted molar refractivity (Wildman–Crippen MR) is 73.9 cm³/mol. The molecule has 1 saturated carbocycles. The van der Waals surface area contributed by atoms with Crippen LogP contribution in [0.5, 0.6) is 0 Å². The highest BCUT2D eigenvalue weighted by Crippen LogP contribution is 2.31. The van der Waals surface area contributed by atoms with Gasteiger partial charge in [0, 0.05) is 18.0 Å². The molecule has 0 amide bonds. The van der Waals surface area contributed by atoms with Crippen LogP contribution in [0.15, 0.2) is 16.3 Å². The highest BCUT2D eigenvalue weighted by molar-refractivity contribution is 7.89. The monoisotopic (exact) mass is 288 g/mol. The molecule has 1 aliphatic carbocycles. The molecule has 1 heterocycles. The molecule has 1 aromatic heterocycles. The lowest BCUT2D eigenvalue weighted by Crippen LogP contribution is -2.30. The Balaban J connectivity index is 2.03. The van der Waals surface area contributed by atoms with Crippen molar-refractivity contribution in [3.8, 4) is 0 Å². The van der Waals surface area contributed by atoms with Crippen LogP contribution in [0, 0.1) is 11.8 Å². The van der Waals surface area contributed by atoms with Gasteiger partial charge in [-0.05, 0) is 29.7 Å². The molecule has 4 nitrogen and oxygen atoms in total. The van der Waals surface area contributed by atoms with Crippen LogP contribution in [0.4, 0.5) is 0 Å². The van der Waals surface area contributed by atoms with Crippen molar-refractivity contribution < 1.29 is 8.42 Å². The van der Waals surface area contributed by atoms with E-state index in [0.717, 1.165) is 11.3 Å². The van der Waals surface area contributed by atoms with Crippen molar-refractivity contribution in [1.82, 2.24) is 4.72 Å². The van der Waals surface area contributed by atoms with Gasteiger partial charge in [0.05, 0.1) is 4.90 Å². The Bertz CT molecular complexity index is 496. The molecule has 1 aromatic rings. The molecule has 1 fully saturated rings. The fraction of sp³-hybridized carbons (Fsp3) is 0.667. The van der Waals surface area contributed by atoms with Gasteiger partial charge in [-0.1, -0.05) is 19.8 Å². The highest BCUT2D eigenvalue weighted by atomic mass is 32.2. The zero-order valence-corrected chi connectivity index (χ0v) is 12.2. The summed E-state index contributed by atoms with van der Waals surface area (Å²) in [6, 6.07) is 1.63. The Morgan fingerprint density at radius 1 is 1.50 bits per heavy atom. The molecule has 0 saturated heterocycles. The van der Waals surface area contributed by atoms with Crippen LogP contribution in [0.2, 0.25) is 0 Å². The summed E-state index contributed by atoms with van der Waals surface area (Å²) >= 11 is 1.39. The summed E-state index contributed by atoms with van der Waals surface area (Å²) in [6.07, 6.45) is 3.54. The van der Waals surface area contributed by atoms with E-state index in [9.17, 15) is 8.42 Å². The van der Waals surface area contributed by atoms with E-state index in [2.05, 4.69) is 11.6 Å². The summed E-state index contributed by atoms with van der Waals surface area (Å²) in [7, 11) is -3.39. The molecule has 3 N–H and O–H groups in total. The summed E-state index contributed by atoms with van der Waals surface area (Å²) in [5.41, 5.74) is 5.55. The Morgan fingerprint density at radius 3 is 2.89 bits per heavy atom. The first-order valence-corrected chi connectivity index (χ1v) is 8.67. The van der Waals surface area contributed by atoms with Crippen LogP contribution in [-0.4, -0.2) is 15.0 Å². The third-order valence-corrected chi connectivity index (χ3v) is 6.33. The summed E-state index contributed by atoms with van der Waals surface area (Å²) in [5.74, 6) is 1.09. The minimum absolute atomic E-state index is 0.272. The molecule has 0 aromatic carbocycles. The molecule has 0 radical (unpaired) electrons. The van der Waals surface area contributed by atoms with E-state index < -0.39 is 10.0 Å². The maximum Gasteiger partial charge on any atom is 0.241 e. The van der Waals surface area contributed by atoms with Gasteiger partial charge < -0.3 is 5.73 Å². The van der Waals surface area contributed by atoms with Crippen LogP contribution in [0.3, 0.4) is 0 Å². The standard InChI is InChI=1S/C12H20N2O2S2/c1-9-3-2-4-10(9)8-14-18(15,16)12-5-6-17-11(12)7-13/h5-6,9-10,14H,2-4,7-8,13H2,1H3. The lowest BCUT2D eigenvalue weighted by atomic mass is 9.99. The van der Waals surface area contributed by atoms with Crippen LogP contribution in [0.1, 0.15) is 31.1 Å². The zero-order chi connectivity index (χ0) is 13.2. The molecular weight excluding hydrogens is 268 g/mol. The molecule has 0 aliphatic heterocycles. The van der Waals surface area contributed by atoms with Crippen molar-refractivity contribution in [3.63, 3.8) is 0 Å². The van der Waals surface area contributed by atoms with Gasteiger partial charge in [0.15, 0.2) is 0 Å². The first-order chi connectivity index (χ1) is 8.54. The molecular formula is C12H20N2O2S2. The number of thiophene rings is 1. The van der Waals surface area contributed by atoms with E-state index in [1.165, 1.54) is 24.2 Å². The van der Waals surface area contributed by atoms with Gasteiger partial charge in [0.2, 0.25) is 10.0 Å². The fourth-order valence-electron chi connectivity index (χ4n) is 2.54. The Labute approximate surface area is 113 Å². The van der Waals surface area contributed by atoms with E-state index in [4.69, 9.17) is 5.73 Å². The summed E-state index contributed by atoms with van der Waals surface area (Å²) < 4.78 is 27.1. The van der Waals surface area contributed by atoms with Crippen molar-refractivity contribution in [2.24, 2.45) is 17.6 Å². The number of sulfonamides is 1. The van der Waals surface area contributed by atoms with E-state index in [1.807, 2.05) is 0 Å². The molecule has 102 valence electrons. The molecule has 18 heavy (non-hydrogen) atoms. The third kappa shape index (κ3) is 2.93. The predicted octanol–water partition coefficient (Wildman–Crippen LogP) is 1.92. The number of hydrogen-bond donors (Lipinski definition) is 2. The van der Waals surface area contributed by atoms with Crippen molar-refractivity contribution in [2.45, 2.75) is 37.6 Å². The van der Waals surface area contributed by atoms with Gasteiger partial charge in [-0.15, -0.1) is 11.3 Å². The molecule has 0 bridgehead atoms. The highest BCUT2D eigenvalue weighted by Gasteiger charge is 2.26. The average Bonchev–Trinajstić information content (AvgIpc) is 2.95. The lowest BCUT2D eigenvalue weighted by molar-refractivity contribution is 0.414. The second kappa shape index (κ2) is 5.69. The van der Waals surface area contributed by atoms with Gasteiger partial charge >= 0.3 is 0 Å². The van der Waals surface area contributed by atoms with Crippen LogP contribution in [-0.2, 0) is 16.6 Å². The van der Waals surface area contributed by atoms with Crippen LogP contribution in [0.25, 0.3) is 0 Å². The first kappa shape index (κ1) is 14.0. The van der Waals surface area contributed by atoms with Crippen molar-refractivity contribution >= 4 is 21.4 Å². The maximum absolute atomic E-state index is 12.2. The van der Waals surface area contributed by atoms with Crippen molar-refractivity contribution in [3.05, 3.63) is 16.3 Å². The number of nitrogens with one attached hydrogen (secondary N) is 1. The summed E-state index contributed by atoms with van der Waals surface area (Å²) in [5, 5.41) is 1.77. The number of rotatable bonds is 5.